The molecule has 1 atom stereocenters. The van der Waals surface area contributed by atoms with Crippen LogP contribution in [0.15, 0.2) is 29.4 Å². The highest BCUT2D eigenvalue weighted by atomic mass is 32.2. The molecule has 1 aromatic heterocycles. The van der Waals surface area contributed by atoms with Crippen molar-refractivity contribution in [1.82, 2.24) is 20.5 Å². The molecular weight excluding hydrogens is 300 g/mol. The van der Waals surface area contributed by atoms with E-state index in [4.69, 9.17) is 4.74 Å². The predicted molar refractivity (Wildman–Crippen MR) is 85.9 cm³/mol. The van der Waals surface area contributed by atoms with Crippen molar-refractivity contribution in [3.63, 3.8) is 0 Å². The van der Waals surface area contributed by atoms with E-state index >= 15 is 0 Å². The molecule has 0 aliphatic rings. The first kappa shape index (κ1) is 16.4. The Morgan fingerprint density at radius 2 is 2.23 bits per heavy atom. The molecular formula is C15H20N4O2S. The number of hydrogen-bond donors (Lipinski definition) is 2. The van der Waals surface area contributed by atoms with E-state index in [1.54, 1.807) is 0 Å². The van der Waals surface area contributed by atoms with Crippen LogP contribution >= 0.6 is 11.8 Å². The fourth-order valence-electron chi connectivity index (χ4n) is 1.79. The summed E-state index contributed by atoms with van der Waals surface area (Å²) in [6, 6.07) is 7.80. The minimum absolute atomic E-state index is 0.0185. The Morgan fingerprint density at radius 3 is 2.95 bits per heavy atom. The summed E-state index contributed by atoms with van der Waals surface area (Å²) in [6.07, 6.45) is 0. The van der Waals surface area contributed by atoms with E-state index in [1.807, 2.05) is 45.0 Å². The van der Waals surface area contributed by atoms with Crippen LogP contribution in [-0.4, -0.2) is 32.9 Å². The predicted octanol–water partition coefficient (Wildman–Crippen LogP) is 2.31. The summed E-state index contributed by atoms with van der Waals surface area (Å²) in [5.41, 5.74) is 1.07. The molecule has 7 heteroatoms. The average Bonchev–Trinajstić information content (AvgIpc) is 2.94. The minimum Gasteiger partial charge on any atom is -0.485 e. The fraction of sp³-hybridized carbons (Fsp3) is 0.400. The van der Waals surface area contributed by atoms with Gasteiger partial charge in [-0.1, -0.05) is 30.0 Å². The molecule has 118 valence electrons. The van der Waals surface area contributed by atoms with E-state index < -0.39 is 0 Å². The number of hydrogen-bond acceptors (Lipinski definition) is 5. The number of benzene rings is 1. The zero-order valence-corrected chi connectivity index (χ0v) is 13.7. The Bertz CT molecular complexity index is 630. The molecule has 1 aromatic carbocycles. The second-order valence-electron chi connectivity index (χ2n) is 4.77. The third-order valence-electron chi connectivity index (χ3n) is 2.97. The van der Waals surface area contributed by atoms with Crippen LogP contribution in [0.5, 0.6) is 5.75 Å². The first-order valence-electron chi connectivity index (χ1n) is 7.14. The number of para-hydroxylation sites is 1. The quantitative estimate of drug-likeness (QED) is 0.765. The third-order valence-corrected chi connectivity index (χ3v) is 3.93. The van der Waals surface area contributed by atoms with Gasteiger partial charge in [-0.05, 0) is 32.4 Å². The molecule has 0 aliphatic carbocycles. The Morgan fingerprint density at radius 1 is 1.45 bits per heavy atom. The molecule has 6 nitrogen and oxygen atoms in total. The molecule has 0 saturated carbocycles. The Balaban J connectivity index is 1.89. The van der Waals surface area contributed by atoms with Gasteiger partial charge in [0.05, 0.1) is 5.25 Å². The van der Waals surface area contributed by atoms with Gasteiger partial charge in [-0.15, -0.1) is 5.10 Å². The molecule has 22 heavy (non-hydrogen) atoms. The van der Waals surface area contributed by atoms with Gasteiger partial charge in [0.2, 0.25) is 11.1 Å². The number of aromatic amines is 1. The van der Waals surface area contributed by atoms with Crippen molar-refractivity contribution in [1.29, 1.82) is 0 Å². The van der Waals surface area contributed by atoms with E-state index in [9.17, 15) is 4.79 Å². The molecule has 0 radical (unpaired) electrons. The van der Waals surface area contributed by atoms with E-state index in [1.165, 1.54) is 11.8 Å². The zero-order valence-electron chi connectivity index (χ0n) is 12.9. The number of thioether (sulfide) groups is 1. The van der Waals surface area contributed by atoms with Crippen molar-refractivity contribution in [2.24, 2.45) is 0 Å². The van der Waals surface area contributed by atoms with Gasteiger partial charge in [0.15, 0.2) is 5.82 Å². The summed E-state index contributed by atoms with van der Waals surface area (Å²) < 4.78 is 5.70. The largest absolute Gasteiger partial charge is 0.485 e. The SMILES string of the molecule is CCNC(=O)[C@@H](C)Sc1n[nH]c(COc2ccccc2C)n1. The van der Waals surface area contributed by atoms with E-state index in [-0.39, 0.29) is 11.2 Å². The molecule has 2 aromatic rings. The van der Waals surface area contributed by atoms with Gasteiger partial charge in [-0.2, -0.15) is 0 Å². The van der Waals surface area contributed by atoms with Crippen LogP contribution in [0.1, 0.15) is 25.2 Å². The highest BCUT2D eigenvalue weighted by Gasteiger charge is 2.16. The van der Waals surface area contributed by atoms with Crippen molar-refractivity contribution in [3.8, 4) is 5.75 Å². The third kappa shape index (κ3) is 4.49. The number of aryl methyl sites for hydroxylation is 1. The number of carbonyl (C=O) groups excluding carboxylic acids is 1. The molecule has 0 aliphatic heterocycles. The van der Waals surface area contributed by atoms with Crippen molar-refractivity contribution >= 4 is 17.7 Å². The van der Waals surface area contributed by atoms with Gasteiger partial charge in [0.25, 0.3) is 0 Å². The maximum atomic E-state index is 11.7. The maximum absolute atomic E-state index is 11.7. The lowest BCUT2D eigenvalue weighted by atomic mass is 10.2. The molecule has 1 amide bonds. The lowest BCUT2D eigenvalue weighted by molar-refractivity contribution is -0.120. The van der Waals surface area contributed by atoms with Crippen LogP contribution in [0, 0.1) is 6.92 Å². The summed E-state index contributed by atoms with van der Waals surface area (Å²) in [7, 11) is 0. The van der Waals surface area contributed by atoms with Crippen molar-refractivity contribution < 1.29 is 9.53 Å². The number of nitrogens with one attached hydrogen (secondary N) is 2. The molecule has 0 bridgehead atoms. The van der Waals surface area contributed by atoms with Crippen LogP contribution in [0.2, 0.25) is 0 Å². The highest BCUT2D eigenvalue weighted by molar-refractivity contribution is 8.00. The van der Waals surface area contributed by atoms with Crippen molar-refractivity contribution in [3.05, 3.63) is 35.7 Å². The summed E-state index contributed by atoms with van der Waals surface area (Å²) in [5, 5.41) is 10.0. The van der Waals surface area contributed by atoms with Crippen LogP contribution in [-0.2, 0) is 11.4 Å². The average molecular weight is 320 g/mol. The van der Waals surface area contributed by atoms with Crippen LogP contribution in [0.4, 0.5) is 0 Å². The lowest BCUT2D eigenvalue weighted by Gasteiger charge is -2.07. The summed E-state index contributed by atoms with van der Waals surface area (Å²) in [5.74, 6) is 1.44. The molecule has 0 unspecified atom stereocenters. The number of ether oxygens (including phenoxy) is 1. The highest BCUT2D eigenvalue weighted by Crippen LogP contribution is 2.20. The molecule has 1 heterocycles. The monoisotopic (exact) mass is 320 g/mol. The Labute approximate surface area is 134 Å². The smallest absolute Gasteiger partial charge is 0.233 e. The van der Waals surface area contributed by atoms with Gasteiger partial charge >= 0.3 is 0 Å². The van der Waals surface area contributed by atoms with Crippen LogP contribution < -0.4 is 10.1 Å². The number of carbonyl (C=O) groups is 1. The van der Waals surface area contributed by atoms with E-state index in [0.29, 0.717) is 24.1 Å². The lowest BCUT2D eigenvalue weighted by Crippen LogP contribution is -2.30. The Kier molecular flexibility index (Phi) is 5.83. The molecule has 0 fully saturated rings. The topological polar surface area (TPSA) is 79.9 Å². The molecule has 2 N–H and O–H groups in total. The number of nitrogens with zero attached hydrogens (tertiary/aromatic N) is 2. The maximum Gasteiger partial charge on any atom is 0.233 e. The van der Waals surface area contributed by atoms with E-state index in [2.05, 4.69) is 20.5 Å². The second kappa shape index (κ2) is 7.84. The van der Waals surface area contributed by atoms with Gasteiger partial charge in [0, 0.05) is 6.54 Å². The van der Waals surface area contributed by atoms with E-state index in [0.717, 1.165) is 11.3 Å². The first-order chi connectivity index (χ1) is 10.6. The van der Waals surface area contributed by atoms with Crippen LogP contribution in [0.3, 0.4) is 0 Å². The standard InChI is InChI=1S/C15H20N4O2S/c1-4-16-14(20)11(3)22-15-17-13(18-19-15)9-21-12-8-6-5-7-10(12)2/h5-8,11H,4,9H2,1-3H3,(H,16,20)(H,17,18,19)/t11-/m1/s1. The number of aromatic nitrogens is 3. The second-order valence-corrected chi connectivity index (χ2v) is 6.08. The summed E-state index contributed by atoms with van der Waals surface area (Å²) >= 11 is 1.32. The molecule has 0 spiro atoms. The minimum atomic E-state index is -0.235. The summed E-state index contributed by atoms with van der Waals surface area (Å²) in [4.78, 5) is 16.0. The Hall–Kier alpha value is -2.02. The molecule has 0 saturated heterocycles. The fourth-order valence-corrected chi connectivity index (χ4v) is 2.56. The number of rotatable bonds is 7. The summed E-state index contributed by atoms with van der Waals surface area (Å²) in [6.45, 7) is 6.64. The van der Waals surface area contributed by atoms with Crippen molar-refractivity contribution in [2.75, 3.05) is 6.54 Å². The normalized spacial score (nSPS) is 12.0. The number of amides is 1. The van der Waals surface area contributed by atoms with Crippen molar-refractivity contribution in [2.45, 2.75) is 37.8 Å². The van der Waals surface area contributed by atoms with Crippen LogP contribution in [0.25, 0.3) is 0 Å². The first-order valence-corrected chi connectivity index (χ1v) is 8.02. The zero-order chi connectivity index (χ0) is 15.9. The number of H-pyrrole nitrogens is 1. The molecule has 2 rings (SSSR count). The van der Waals surface area contributed by atoms with Gasteiger partial charge in [0.1, 0.15) is 12.4 Å². The van der Waals surface area contributed by atoms with Gasteiger partial charge < -0.3 is 10.1 Å². The van der Waals surface area contributed by atoms with Gasteiger partial charge in [-0.25, -0.2) is 4.98 Å². The van der Waals surface area contributed by atoms with Gasteiger partial charge in [-0.3, -0.25) is 9.89 Å².